The fourth-order valence-electron chi connectivity index (χ4n) is 3.92. The van der Waals surface area contributed by atoms with Crippen molar-refractivity contribution in [2.24, 2.45) is 5.92 Å². The van der Waals surface area contributed by atoms with Crippen LogP contribution in [-0.2, 0) is 43.5 Å². The summed E-state index contributed by atoms with van der Waals surface area (Å²) < 4.78 is 10.3. The molecule has 0 spiro atoms. The van der Waals surface area contributed by atoms with E-state index in [0.29, 0.717) is 12.1 Å². The molecule has 0 aromatic heterocycles. The number of ketones is 1. The Morgan fingerprint density at radius 2 is 1.31 bits per heavy atom. The van der Waals surface area contributed by atoms with Gasteiger partial charge in [0.25, 0.3) is 0 Å². The Bertz CT molecular complexity index is 1230. The summed E-state index contributed by atoms with van der Waals surface area (Å²) in [5, 5.41) is 5.55. The van der Waals surface area contributed by atoms with Crippen LogP contribution in [0.4, 0.5) is 10.5 Å². The molecule has 2 amide bonds. The minimum Gasteiger partial charge on any atom is -0.461 e. The number of Topliss-reactive ketones (excluding diaryl/α,β-unsaturated/α-hetero) is 1. The Morgan fingerprint density at radius 1 is 0.744 bits per heavy atom. The fourth-order valence-corrected chi connectivity index (χ4v) is 3.92. The quantitative estimate of drug-likeness (QED) is 0.294. The summed E-state index contributed by atoms with van der Waals surface area (Å²) in [5.74, 6) is -1.50. The number of carbonyl (C=O) groups is 4. The highest BCUT2D eigenvalue weighted by Gasteiger charge is 2.27. The molecule has 204 valence electrons. The number of alkyl carbamates (subject to hydrolysis) is 1. The van der Waals surface area contributed by atoms with Crippen LogP contribution in [0.3, 0.4) is 0 Å². The van der Waals surface area contributed by atoms with Gasteiger partial charge in [-0.05, 0) is 41.7 Å². The molecule has 8 nitrogen and oxygen atoms in total. The van der Waals surface area contributed by atoms with E-state index in [1.807, 2.05) is 67.6 Å². The Kier molecular flexibility index (Phi) is 11.2. The molecule has 0 fully saturated rings. The molecule has 3 rings (SSSR count). The smallest absolute Gasteiger partial charge is 0.408 e. The number of benzene rings is 3. The third-order valence-electron chi connectivity index (χ3n) is 6.15. The van der Waals surface area contributed by atoms with E-state index in [2.05, 4.69) is 10.6 Å². The summed E-state index contributed by atoms with van der Waals surface area (Å²) in [6.45, 7) is 3.42. The first kappa shape index (κ1) is 29.1. The van der Waals surface area contributed by atoms with Crippen molar-refractivity contribution in [3.63, 3.8) is 0 Å². The Hall–Kier alpha value is -4.46. The fraction of sp³-hybridized carbons (Fsp3) is 0.290. The number of anilines is 1. The second-order valence-electron chi connectivity index (χ2n) is 9.19. The number of esters is 1. The lowest BCUT2D eigenvalue weighted by molar-refractivity contribution is -0.142. The molecular formula is C31H34N2O6. The van der Waals surface area contributed by atoms with Gasteiger partial charge in [-0.1, -0.05) is 79.7 Å². The first-order chi connectivity index (χ1) is 18.8. The highest BCUT2D eigenvalue weighted by molar-refractivity contribution is 5.97. The first-order valence-electron chi connectivity index (χ1n) is 12.9. The van der Waals surface area contributed by atoms with Crippen molar-refractivity contribution in [1.82, 2.24) is 5.32 Å². The van der Waals surface area contributed by atoms with Crippen molar-refractivity contribution in [3.8, 4) is 0 Å². The molecule has 8 heteroatoms. The summed E-state index contributed by atoms with van der Waals surface area (Å²) in [5.41, 5.74) is 3.08. The predicted molar refractivity (Wildman–Crippen MR) is 148 cm³/mol. The van der Waals surface area contributed by atoms with Gasteiger partial charge < -0.3 is 20.1 Å². The Labute approximate surface area is 228 Å². The van der Waals surface area contributed by atoms with E-state index >= 15 is 0 Å². The normalized spacial score (nSPS) is 12.1. The van der Waals surface area contributed by atoms with Crippen LogP contribution in [-0.4, -0.2) is 29.8 Å². The summed E-state index contributed by atoms with van der Waals surface area (Å²) in [6, 6.07) is 24.7. The third-order valence-corrected chi connectivity index (χ3v) is 6.15. The molecule has 0 aliphatic heterocycles. The van der Waals surface area contributed by atoms with Gasteiger partial charge in [-0.3, -0.25) is 14.4 Å². The summed E-state index contributed by atoms with van der Waals surface area (Å²) in [4.78, 5) is 49.9. The van der Waals surface area contributed by atoms with Gasteiger partial charge in [-0.15, -0.1) is 0 Å². The van der Waals surface area contributed by atoms with Gasteiger partial charge in [0.05, 0.1) is 6.04 Å². The lowest BCUT2D eigenvalue weighted by Crippen LogP contribution is -2.44. The lowest BCUT2D eigenvalue weighted by Gasteiger charge is -2.21. The molecule has 2 N–H and O–H groups in total. The highest BCUT2D eigenvalue weighted by Crippen LogP contribution is 2.18. The van der Waals surface area contributed by atoms with Crippen LogP contribution in [0.2, 0.25) is 0 Å². The minimum atomic E-state index is -0.849. The molecule has 39 heavy (non-hydrogen) atoms. The highest BCUT2D eigenvalue weighted by atomic mass is 16.5. The molecule has 0 aliphatic carbocycles. The molecule has 3 aromatic carbocycles. The van der Waals surface area contributed by atoms with Crippen LogP contribution in [0.25, 0.3) is 0 Å². The van der Waals surface area contributed by atoms with Crippen LogP contribution < -0.4 is 10.6 Å². The lowest BCUT2D eigenvalue weighted by atomic mass is 9.92. The van der Waals surface area contributed by atoms with Crippen molar-refractivity contribution < 1.29 is 28.7 Å². The van der Waals surface area contributed by atoms with Gasteiger partial charge >= 0.3 is 12.1 Å². The van der Waals surface area contributed by atoms with Crippen LogP contribution in [0.15, 0.2) is 84.9 Å². The van der Waals surface area contributed by atoms with Gasteiger partial charge in [-0.25, -0.2) is 4.79 Å². The Balaban J connectivity index is 1.62. The number of nitrogens with one attached hydrogen (secondary N) is 2. The SMILES string of the molecule is CC[C@H](CC(=O)[C@H](Cc1ccccc1)NC(=O)OCc1ccccc1)C(=O)Nc1ccc(COC(C)=O)cc1. The summed E-state index contributed by atoms with van der Waals surface area (Å²) >= 11 is 0. The van der Waals surface area contributed by atoms with Gasteiger partial charge in [-0.2, -0.15) is 0 Å². The predicted octanol–water partition coefficient (Wildman–Crippen LogP) is 5.21. The van der Waals surface area contributed by atoms with E-state index in [9.17, 15) is 19.2 Å². The number of amides is 2. The van der Waals surface area contributed by atoms with Crippen LogP contribution in [0, 0.1) is 5.92 Å². The van der Waals surface area contributed by atoms with Crippen molar-refractivity contribution in [2.75, 3.05) is 5.32 Å². The summed E-state index contributed by atoms with van der Waals surface area (Å²) in [6.07, 6.45) is -0.0105. The van der Waals surface area contributed by atoms with Gasteiger partial charge in [0, 0.05) is 24.9 Å². The second kappa shape index (κ2) is 15.1. The van der Waals surface area contributed by atoms with Crippen LogP contribution in [0.5, 0.6) is 0 Å². The average Bonchev–Trinajstić information content (AvgIpc) is 2.95. The first-order valence-corrected chi connectivity index (χ1v) is 12.9. The van der Waals surface area contributed by atoms with E-state index in [-0.39, 0.29) is 43.7 Å². The average molecular weight is 531 g/mol. The molecular weight excluding hydrogens is 496 g/mol. The standard InChI is InChI=1S/C31H34N2O6/c1-3-26(30(36)32-27-16-14-25(15-17-27)20-38-22(2)34)19-29(35)28(18-23-10-6-4-7-11-23)33-31(37)39-21-24-12-8-5-9-13-24/h4-17,26,28H,3,18-21H2,1-2H3,(H,32,36)(H,33,37)/t26-,28+/m1/s1. The maximum absolute atomic E-state index is 13.4. The number of hydrogen-bond acceptors (Lipinski definition) is 6. The summed E-state index contributed by atoms with van der Waals surface area (Å²) in [7, 11) is 0. The third kappa shape index (κ3) is 10.1. The second-order valence-corrected chi connectivity index (χ2v) is 9.19. The zero-order valence-electron chi connectivity index (χ0n) is 22.2. The molecule has 2 atom stereocenters. The van der Waals surface area contributed by atoms with E-state index < -0.39 is 18.1 Å². The largest absolute Gasteiger partial charge is 0.461 e. The van der Waals surface area contributed by atoms with Crippen LogP contribution in [0.1, 0.15) is 43.4 Å². The van der Waals surface area contributed by atoms with Crippen molar-refractivity contribution in [2.45, 2.75) is 52.4 Å². The minimum absolute atomic E-state index is 0.0384. The maximum Gasteiger partial charge on any atom is 0.408 e. The van der Waals surface area contributed by atoms with Crippen molar-refractivity contribution in [3.05, 3.63) is 102 Å². The van der Waals surface area contributed by atoms with E-state index in [0.717, 1.165) is 16.7 Å². The molecule has 0 bridgehead atoms. The van der Waals surface area contributed by atoms with Gasteiger partial charge in [0.2, 0.25) is 5.91 Å². The van der Waals surface area contributed by atoms with Crippen molar-refractivity contribution in [1.29, 1.82) is 0 Å². The number of rotatable bonds is 13. The van der Waals surface area contributed by atoms with Crippen LogP contribution >= 0.6 is 0 Å². The maximum atomic E-state index is 13.4. The van der Waals surface area contributed by atoms with Crippen molar-refractivity contribution >= 4 is 29.4 Å². The van der Waals surface area contributed by atoms with E-state index in [4.69, 9.17) is 9.47 Å². The topological polar surface area (TPSA) is 111 Å². The molecule has 0 unspecified atom stereocenters. The molecule has 0 aliphatic rings. The van der Waals surface area contributed by atoms with E-state index in [1.54, 1.807) is 24.3 Å². The van der Waals surface area contributed by atoms with E-state index in [1.165, 1.54) is 6.92 Å². The molecule has 0 heterocycles. The molecule has 0 radical (unpaired) electrons. The Morgan fingerprint density at radius 3 is 1.90 bits per heavy atom. The molecule has 0 saturated carbocycles. The monoisotopic (exact) mass is 530 g/mol. The number of carbonyl (C=O) groups excluding carboxylic acids is 4. The van der Waals surface area contributed by atoms with Gasteiger partial charge in [0.15, 0.2) is 5.78 Å². The molecule has 0 saturated heterocycles. The number of hydrogen-bond donors (Lipinski definition) is 2. The number of ether oxygens (including phenoxy) is 2. The molecule has 3 aromatic rings. The zero-order valence-corrected chi connectivity index (χ0v) is 22.2. The van der Waals surface area contributed by atoms with Gasteiger partial charge in [0.1, 0.15) is 13.2 Å². The zero-order chi connectivity index (χ0) is 28.0.